The van der Waals surface area contributed by atoms with Gasteiger partial charge in [-0.15, -0.1) is 0 Å². The lowest BCUT2D eigenvalue weighted by atomic mass is 9.96. The zero-order valence-corrected chi connectivity index (χ0v) is 14.0. The predicted octanol–water partition coefficient (Wildman–Crippen LogP) is 2.15. The van der Waals surface area contributed by atoms with Gasteiger partial charge in [0.25, 0.3) is 5.91 Å². The summed E-state index contributed by atoms with van der Waals surface area (Å²) in [6.45, 7) is 3.79. The minimum Gasteiger partial charge on any atom is -0.478 e. The van der Waals surface area contributed by atoms with Gasteiger partial charge in [0.15, 0.2) is 0 Å². The molecule has 1 unspecified atom stereocenters. The predicted molar refractivity (Wildman–Crippen MR) is 89.9 cm³/mol. The molecule has 2 N–H and O–H groups in total. The van der Waals surface area contributed by atoms with Gasteiger partial charge in [0.05, 0.1) is 11.5 Å². The Morgan fingerprint density at radius 1 is 1.21 bits per heavy atom. The fourth-order valence-electron chi connectivity index (χ4n) is 2.85. The first kappa shape index (κ1) is 18.0. The van der Waals surface area contributed by atoms with Crippen LogP contribution in [0.1, 0.15) is 53.3 Å². The number of carbonyl (C=O) groups excluding carboxylic acids is 2. The molecule has 1 aliphatic heterocycles. The van der Waals surface area contributed by atoms with Gasteiger partial charge in [0, 0.05) is 25.2 Å². The minimum absolute atomic E-state index is 0.0159. The molecule has 24 heavy (non-hydrogen) atoms. The third kappa shape index (κ3) is 4.57. The van der Waals surface area contributed by atoms with Crippen molar-refractivity contribution >= 4 is 17.8 Å². The van der Waals surface area contributed by atoms with E-state index in [0.717, 1.165) is 25.7 Å². The summed E-state index contributed by atoms with van der Waals surface area (Å²) in [6.07, 6.45) is 3.57. The number of carbonyl (C=O) groups is 3. The maximum absolute atomic E-state index is 12.6. The summed E-state index contributed by atoms with van der Waals surface area (Å²) < 4.78 is 0. The van der Waals surface area contributed by atoms with Crippen molar-refractivity contribution in [1.82, 2.24) is 10.2 Å². The van der Waals surface area contributed by atoms with Gasteiger partial charge in [-0.1, -0.05) is 13.3 Å². The summed E-state index contributed by atoms with van der Waals surface area (Å²) in [5.74, 6) is -1.33. The highest BCUT2D eigenvalue weighted by Crippen LogP contribution is 2.19. The normalized spacial score (nSPS) is 17.4. The molecule has 0 bridgehead atoms. The Kier molecular flexibility index (Phi) is 6.35. The van der Waals surface area contributed by atoms with Gasteiger partial charge >= 0.3 is 5.97 Å². The SMILES string of the molecule is CCCCNC(=O)C1CCCN(C(=O)c2ccc(C(=O)O)cc2)C1. The zero-order valence-electron chi connectivity index (χ0n) is 14.0. The molecular weight excluding hydrogens is 308 g/mol. The van der Waals surface area contributed by atoms with Crippen LogP contribution in [0.3, 0.4) is 0 Å². The van der Waals surface area contributed by atoms with Gasteiger partial charge in [-0.25, -0.2) is 4.79 Å². The van der Waals surface area contributed by atoms with E-state index < -0.39 is 5.97 Å². The van der Waals surface area contributed by atoms with Gasteiger partial charge in [-0.3, -0.25) is 9.59 Å². The second-order valence-electron chi connectivity index (χ2n) is 6.12. The Morgan fingerprint density at radius 3 is 2.50 bits per heavy atom. The van der Waals surface area contributed by atoms with Gasteiger partial charge < -0.3 is 15.3 Å². The molecule has 1 aromatic rings. The van der Waals surface area contributed by atoms with E-state index in [1.165, 1.54) is 24.3 Å². The van der Waals surface area contributed by atoms with E-state index in [9.17, 15) is 14.4 Å². The number of aromatic carboxylic acids is 1. The molecule has 1 heterocycles. The molecule has 2 amide bonds. The van der Waals surface area contributed by atoms with Crippen LogP contribution in [0.25, 0.3) is 0 Å². The average molecular weight is 332 g/mol. The van der Waals surface area contributed by atoms with E-state index in [2.05, 4.69) is 12.2 Å². The van der Waals surface area contributed by atoms with Crippen molar-refractivity contribution in [1.29, 1.82) is 0 Å². The largest absolute Gasteiger partial charge is 0.478 e. The van der Waals surface area contributed by atoms with Crippen LogP contribution in [0.5, 0.6) is 0 Å². The van der Waals surface area contributed by atoms with Crippen molar-refractivity contribution in [2.75, 3.05) is 19.6 Å². The van der Waals surface area contributed by atoms with E-state index in [1.807, 2.05) is 0 Å². The number of hydrogen-bond donors (Lipinski definition) is 2. The summed E-state index contributed by atoms with van der Waals surface area (Å²) in [5, 5.41) is 11.8. The second kappa shape index (κ2) is 8.47. The van der Waals surface area contributed by atoms with Crippen LogP contribution in [0, 0.1) is 5.92 Å². The molecule has 1 fully saturated rings. The Hall–Kier alpha value is -2.37. The first-order valence-corrected chi connectivity index (χ1v) is 8.43. The van der Waals surface area contributed by atoms with E-state index in [0.29, 0.717) is 25.2 Å². The fraction of sp³-hybridized carbons (Fsp3) is 0.500. The van der Waals surface area contributed by atoms with Gasteiger partial charge in [0.2, 0.25) is 5.91 Å². The Labute approximate surface area is 141 Å². The number of carboxylic acids is 1. The molecule has 6 nitrogen and oxygen atoms in total. The quantitative estimate of drug-likeness (QED) is 0.782. The molecule has 1 aliphatic rings. The summed E-state index contributed by atoms with van der Waals surface area (Å²) in [5.41, 5.74) is 0.602. The molecule has 1 saturated heterocycles. The number of unbranched alkanes of at least 4 members (excludes halogenated alkanes) is 1. The molecule has 1 aromatic carbocycles. The third-order valence-electron chi connectivity index (χ3n) is 4.29. The van der Waals surface area contributed by atoms with Crippen LogP contribution in [0.2, 0.25) is 0 Å². The van der Waals surface area contributed by atoms with Crippen molar-refractivity contribution in [2.45, 2.75) is 32.6 Å². The smallest absolute Gasteiger partial charge is 0.335 e. The zero-order chi connectivity index (χ0) is 17.5. The van der Waals surface area contributed by atoms with Crippen LogP contribution in [0.4, 0.5) is 0 Å². The number of likely N-dealkylation sites (tertiary alicyclic amines) is 1. The fourth-order valence-corrected chi connectivity index (χ4v) is 2.85. The molecule has 0 aliphatic carbocycles. The van der Waals surface area contributed by atoms with Crippen molar-refractivity contribution in [2.24, 2.45) is 5.92 Å². The van der Waals surface area contributed by atoms with Crippen LogP contribution < -0.4 is 5.32 Å². The van der Waals surface area contributed by atoms with E-state index in [1.54, 1.807) is 4.90 Å². The Balaban J connectivity index is 1.96. The Bertz CT molecular complexity index is 598. The molecular formula is C18H24N2O4. The number of piperidine rings is 1. The monoisotopic (exact) mass is 332 g/mol. The topological polar surface area (TPSA) is 86.7 Å². The van der Waals surface area contributed by atoms with Crippen LogP contribution >= 0.6 is 0 Å². The second-order valence-corrected chi connectivity index (χ2v) is 6.12. The highest BCUT2D eigenvalue weighted by molar-refractivity contribution is 5.96. The van der Waals surface area contributed by atoms with Crippen LogP contribution in [-0.4, -0.2) is 47.4 Å². The van der Waals surface area contributed by atoms with Crippen LogP contribution in [0.15, 0.2) is 24.3 Å². The van der Waals surface area contributed by atoms with Crippen molar-refractivity contribution in [3.8, 4) is 0 Å². The van der Waals surface area contributed by atoms with Gasteiger partial charge in [0.1, 0.15) is 0 Å². The number of rotatable bonds is 6. The van der Waals surface area contributed by atoms with Crippen molar-refractivity contribution in [3.05, 3.63) is 35.4 Å². The number of carboxylic acid groups (broad SMARTS) is 1. The molecule has 0 spiro atoms. The number of amides is 2. The summed E-state index contributed by atoms with van der Waals surface area (Å²) in [7, 11) is 0. The van der Waals surface area contributed by atoms with Crippen molar-refractivity contribution in [3.63, 3.8) is 0 Å². The number of benzene rings is 1. The molecule has 0 aromatic heterocycles. The van der Waals surface area contributed by atoms with Gasteiger partial charge in [-0.05, 0) is 43.5 Å². The highest BCUT2D eigenvalue weighted by Gasteiger charge is 2.28. The first-order valence-electron chi connectivity index (χ1n) is 8.43. The number of nitrogens with one attached hydrogen (secondary N) is 1. The van der Waals surface area contributed by atoms with E-state index in [-0.39, 0.29) is 23.3 Å². The number of nitrogens with zero attached hydrogens (tertiary/aromatic N) is 1. The molecule has 0 saturated carbocycles. The van der Waals surface area contributed by atoms with E-state index in [4.69, 9.17) is 5.11 Å². The summed E-state index contributed by atoms with van der Waals surface area (Å²) in [4.78, 5) is 37.3. The molecule has 0 radical (unpaired) electrons. The summed E-state index contributed by atoms with van der Waals surface area (Å²) in [6, 6.07) is 5.90. The maximum Gasteiger partial charge on any atom is 0.335 e. The van der Waals surface area contributed by atoms with Crippen molar-refractivity contribution < 1.29 is 19.5 Å². The molecule has 130 valence electrons. The Morgan fingerprint density at radius 2 is 1.88 bits per heavy atom. The lowest BCUT2D eigenvalue weighted by Gasteiger charge is -2.32. The lowest BCUT2D eigenvalue weighted by molar-refractivity contribution is -0.126. The first-order chi connectivity index (χ1) is 11.5. The lowest BCUT2D eigenvalue weighted by Crippen LogP contribution is -2.45. The third-order valence-corrected chi connectivity index (χ3v) is 4.29. The molecule has 2 rings (SSSR count). The minimum atomic E-state index is -1.02. The standard InChI is InChI=1S/C18H24N2O4/c1-2-3-10-19-16(21)15-5-4-11-20(12-15)17(22)13-6-8-14(9-7-13)18(23)24/h6-9,15H,2-5,10-12H2,1H3,(H,19,21)(H,23,24). The average Bonchev–Trinajstić information content (AvgIpc) is 2.61. The molecule has 6 heteroatoms. The number of hydrogen-bond acceptors (Lipinski definition) is 3. The summed E-state index contributed by atoms with van der Waals surface area (Å²) >= 11 is 0. The highest BCUT2D eigenvalue weighted by atomic mass is 16.4. The van der Waals surface area contributed by atoms with Crippen LogP contribution in [-0.2, 0) is 4.79 Å². The molecule has 1 atom stereocenters. The maximum atomic E-state index is 12.6. The van der Waals surface area contributed by atoms with Gasteiger partial charge in [-0.2, -0.15) is 0 Å². The van der Waals surface area contributed by atoms with E-state index >= 15 is 0 Å².